The molecular formula is C33H21F2N3O3S. The Morgan fingerprint density at radius 2 is 0.857 bits per heavy atom. The molecule has 5 aromatic carbocycles. The molecule has 6 nitrogen and oxygen atoms in total. The van der Waals surface area contributed by atoms with E-state index in [-0.39, 0.29) is 22.4 Å². The lowest BCUT2D eigenvalue weighted by molar-refractivity contribution is 0.483. The Bertz CT molecular complexity index is 1910. The maximum absolute atomic E-state index is 14.9. The molecule has 0 saturated carbocycles. The number of rotatable bonds is 6. The predicted octanol–water partition coefficient (Wildman–Crippen LogP) is 7.73. The Kier molecular flexibility index (Phi) is 7.12. The molecule has 1 N–H and O–H groups in total. The molecule has 0 atom stereocenters. The second-order valence-electron chi connectivity index (χ2n) is 9.43. The third-order valence-corrected chi connectivity index (χ3v) is 7.53. The standard InChI is InChI=1S/C33H21F2N3O3S/c34-29-17-13-24(19-27(29)21-7-3-1-4-8-21)32-36-31(23-11-15-26(16-12-23)42(39,40)41)37-33(38-32)25-14-18-30(35)28(20-25)22-9-5-2-6-10-22/h1-20H,(H,39,40,41). The van der Waals surface area contributed by atoms with E-state index in [2.05, 4.69) is 15.0 Å². The smallest absolute Gasteiger partial charge is 0.282 e. The molecule has 0 saturated heterocycles. The number of aromatic nitrogens is 3. The van der Waals surface area contributed by atoms with E-state index in [9.17, 15) is 21.8 Å². The summed E-state index contributed by atoms with van der Waals surface area (Å²) in [5.74, 6) is -0.154. The van der Waals surface area contributed by atoms with Gasteiger partial charge in [-0.15, -0.1) is 0 Å². The molecule has 206 valence electrons. The molecule has 0 spiro atoms. The predicted molar refractivity (Wildman–Crippen MR) is 157 cm³/mol. The van der Waals surface area contributed by atoms with Crippen LogP contribution in [-0.2, 0) is 10.1 Å². The van der Waals surface area contributed by atoms with Gasteiger partial charge in [-0.25, -0.2) is 23.7 Å². The van der Waals surface area contributed by atoms with E-state index < -0.39 is 21.8 Å². The molecular weight excluding hydrogens is 556 g/mol. The molecule has 42 heavy (non-hydrogen) atoms. The summed E-state index contributed by atoms with van der Waals surface area (Å²) >= 11 is 0. The molecule has 6 rings (SSSR count). The second-order valence-corrected chi connectivity index (χ2v) is 10.8. The van der Waals surface area contributed by atoms with Crippen molar-refractivity contribution in [1.82, 2.24) is 15.0 Å². The lowest BCUT2D eigenvalue weighted by Crippen LogP contribution is -2.02. The van der Waals surface area contributed by atoms with Gasteiger partial charge in [0.05, 0.1) is 4.90 Å². The van der Waals surface area contributed by atoms with Gasteiger partial charge in [0, 0.05) is 27.8 Å². The Morgan fingerprint density at radius 3 is 1.26 bits per heavy atom. The SMILES string of the molecule is O=S(=O)(O)c1ccc(-c2nc(-c3ccc(F)c(-c4ccccc4)c3)nc(-c3ccc(F)c(-c4ccccc4)c3)n2)cc1. The Labute approximate surface area is 240 Å². The minimum absolute atomic E-state index is 0.202. The van der Waals surface area contributed by atoms with Crippen molar-refractivity contribution in [3.63, 3.8) is 0 Å². The summed E-state index contributed by atoms with van der Waals surface area (Å²) in [4.78, 5) is 13.6. The largest absolute Gasteiger partial charge is 0.294 e. The molecule has 0 unspecified atom stereocenters. The zero-order chi connectivity index (χ0) is 29.3. The van der Waals surface area contributed by atoms with Crippen LogP contribution in [0.5, 0.6) is 0 Å². The number of benzene rings is 5. The van der Waals surface area contributed by atoms with E-state index in [1.165, 1.54) is 36.4 Å². The fraction of sp³-hybridized carbons (Fsp3) is 0. The Balaban J connectivity index is 1.53. The van der Waals surface area contributed by atoms with Crippen molar-refractivity contribution in [1.29, 1.82) is 0 Å². The van der Waals surface area contributed by atoms with E-state index in [4.69, 9.17) is 0 Å². The molecule has 0 aliphatic carbocycles. The summed E-state index contributed by atoms with van der Waals surface area (Å²) in [5, 5.41) is 0. The molecule has 0 radical (unpaired) electrons. The van der Waals surface area contributed by atoms with Crippen molar-refractivity contribution in [3.05, 3.63) is 133 Å². The number of halogens is 2. The van der Waals surface area contributed by atoms with Crippen molar-refractivity contribution >= 4 is 10.1 Å². The highest BCUT2D eigenvalue weighted by Gasteiger charge is 2.17. The highest BCUT2D eigenvalue weighted by Crippen LogP contribution is 2.32. The normalized spacial score (nSPS) is 11.4. The van der Waals surface area contributed by atoms with Gasteiger partial charge >= 0.3 is 0 Å². The third kappa shape index (κ3) is 5.56. The second kappa shape index (κ2) is 11.0. The molecule has 0 aliphatic rings. The van der Waals surface area contributed by atoms with Crippen molar-refractivity contribution in [3.8, 4) is 56.4 Å². The third-order valence-electron chi connectivity index (χ3n) is 6.66. The maximum Gasteiger partial charge on any atom is 0.294 e. The Hall–Kier alpha value is -5.12. The van der Waals surface area contributed by atoms with Crippen molar-refractivity contribution in [2.75, 3.05) is 0 Å². The fourth-order valence-corrected chi connectivity index (χ4v) is 5.03. The van der Waals surface area contributed by atoms with Crippen LogP contribution < -0.4 is 0 Å². The lowest BCUT2D eigenvalue weighted by atomic mass is 10.0. The number of hydrogen-bond donors (Lipinski definition) is 1. The highest BCUT2D eigenvalue weighted by molar-refractivity contribution is 7.85. The molecule has 0 aliphatic heterocycles. The quantitative estimate of drug-likeness (QED) is 0.204. The zero-order valence-corrected chi connectivity index (χ0v) is 22.6. The fourth-order valence-electron chi connectivity index (χ4n) is 4.55. The topological polar surface area (TPSA) is 93.0 Å². The average molecular weight is 578 g/mol. The van der Waals surface area contributed by atoms with Crippen molar-refractivity contribution in [2.24, 2.45) is 0 Å². The van der Waals surface area contributed by atoms with Crippen LogP contribution in [0, 0.1) is 11.6 Å². The van der Waals surface area contributed by atoms with Crippen LogP contribution in [0.4, 0.5) is 8.78 Å². The lowest BCUT2D eigenvalue weighted by Gasteiger charge is -2.11. The van der Waals surface area contributed by atoms with Crippen molar-refractivity contribution in [2.45, 2.75) is 4.90 Å². The first-order valence-electron chi connectivity index (χ1n) is 12.8. The van der Waals surface area contributed by atoms with Gasteiger partial charge in [-0.05, 0) is 71.8 Å². The van der Waals surface area contributed by atoms with Gasteiger partial charge in [0.1, 0.15) is 11.6 Å². The highest BCUT2D eigenvalue weighted by atomic mass is 32.2. The molecule has 6 aromatic rings. The van der Waals surface area contributed by atoms with Gasteiger partial charge in [-0.3, -0.25) is 4.55 Å². The van der Waals surface area contributed by atoms with Crippen molar-refractivity contribution < 1.29 is 21.8 Å². The van der Waals surface area contributed by atoms with E-state index in [1.807, 2.05) is 36.4 Å². The number of hydrogen-bond acceptors (Lipinski definition) is 5. The first-order chi connectivity index (χ1) is 20.3. The number of nitrogens with zero attached hydrogens (tertiary/aromatic N) is 3. The van der Waals surface area contributed by atoms with Crippen LogP contribution in [0.2, 0.25) is 0 Å². The summed E-state index contributed by atoms with van der Waals surface area (Å²) in [6.45, 7) is 0. The molecule has 0 fully saturated rings. The summed E-state index contributed by atoms with van der Waals surface area (Å²) in [6, 6.07) is 32.7. The van der Waals surface area contributed by atoms with Gasteiger partial charge in [0.25, 0.3) is 10.1 Å². The average Bonchev–Trinajstić information content (AvgIpc) is 3.02. The van der Waals surface area contributed by atoms with E-state index in [0.29, 0.717) is 38.9 Å². The monoisotopic (exact) mass is 577 g/mol. The van der Waals surface area contributed by atoms with Crippen LogP contribution in [0.25, 0.3) is 56.4 Å². The van der Waals surface area contributed by atoms with E-state index in [1.54, 1.807) is 48.5 Å². The first kappa shape index (κ1) is 27.1. The molecule has 0 bridgehead atoms. The Morgan fingerprint density at radius 1 is 0.476 bits per heavy atom. The van der Waals surface area contributed by atoms with E-state index in [0.717, 1.165) is 0 Å². The van der Waals surface area contributed by atoms with Crippen LogP contribution in [-0.4, -0.2) is 27.9 Å². The summed E-state index contributed by atoms with van der Waals surface area (Å²) in [6.07, 6.45) is 0. The molecule has 1 aromatic heterocycles. The van der Waals surface area contributed by atoms with Gasteiger partial charge < -0.3 is 0 Å². The van der Waals surface area contributed by atoms with Gasteiger partial charge in [0.2, 0.25) is 0 Å². The summed E-state index contributed by atoms with van der Waals surface area (Å²) in [5.41, 5.74) is 3.56. The van der Waals surface area contributed by atoms with Crippen LogP contribution in [0.3, 0.4) is 0 Å². The molecule has 9 heteroatoms. The van der Waals surface area contributed by atoms with Gasteiger partial charge in [0.15, 0.2) is 17.5 Å². The van der Waals surface area contributed by atoms with Crippen LogP contribution in [0.15, 0.2) is 126 Å². The van der Waals surface area contributed by atoms with Gasteiger partial charge in [-0.1, -0.05) is 60.7 Å². The minimum Gasteiger partial charge on any atom is -0.282 e. The molecule has 1 heterocycles. The summed E-state index contributed by atoms with van der Waals surface area (Å²) < 4.78 is 62.3. The maximum atomic E-state index is 14.9. The molecule has 0 amide bonds. The van der Waals surface area contributed by atoms with Crippen LogP contribution in [0.1, 0.15) is 0 Å². The van der Waals surface area contributed by atoms with Crippen LogP contribution >= 0.6 is 0 Å². The van der Waals surface area contributed by atoms with E-state index >= 15 is 0 Å². The first-order valence-corrected chi connectivity index (χ1v) is 14.2. The minimum atomic E-state index is -4.40. The van der Waals surface area contributed by atoms with Gasteiger partial charge in [-0.2, -0.15) is 8.42 Å². The zero-order valence-electron chi connectivity index (χ0n) is 21.8. The summed E-state index contributed by atoms with van der Waals surface area (Å²) in [7, 11) is -4.40.